The molecule has 0 radical (unpaired) electrons. The highest BCUT2D eigenvalue weighted by Crippen LogP contribution is 2.15. The first-order chi connectivity index (χ1) is 9.25. The largest absolute Gasteiger partial charge is 0.295 e. The summed E-state index contributed by atoms with van der Waals surface area (Å²) in [5, 5.41) is 2.88. The summed E-state index contributed by atoms with van der Waals surface area (Å²) < 4.78 is 1.33. The number of benzene rings is 1. The molecule has 3 rings (SSSR count). The number of rotatable bonds is 2. The van der Waals surface area contributed by atoms with Crippen LogP contribution in [0.25, 0.3) is 17.1 Å². The van der Waals surface area contributed by atoms with Gasteiger partial charge in [-0.1, -0.05) is 29.8 Å². The van der Waals surface area contributed by atoms with Gasteiger partial charge in [-0.15, -0.1) is 0 Å². The summed E-state index contributed by atoms with van der Waals surface area (Å²) in [6.45, 7) is 2.01. The van der Waals surface area contributed by atoms with E-state index in [0.717, 1.165) is 11.1 Å². The van der Waals surface area contributed by atoms with Crippen molar-refractivity contribution in [2.45, 2.75) is 6.92 Å². The molecule has 0 bridgehead atoms. The summed E-state index contributed by atoms with van der Waals surface area (Å²) >= 11 is 0. The van der Waals surface area contributed by atoms with Crippen LogP contribution in [-0.4, -0.2) is 19.7 Å². The zero-order chi connectivity index (χ0) is 13.2. The molecule has 0 aliphatic heterocycles. The van der Waals surface area contributed by atoms with Crippen LogP contribution in [0, 0.1) is 6.92 Å². The Bertz CT molecular complexity index is 741. The smallest absolute Gasteiger partial charge is 0.281 e. The van der Waals surface area contributed by atoms with Crippen molar-refractivity contribution in [3.05, 3.63) is 64.8 Å². The number of aromatic nitrogens is 4. The standard InChI is InChI=1S/C14H12N4O/c1-10-3-5-11(6-4-10)12-9-17-18(13(12)19)14-15-7-2-8-16-14/h2-9,17H,1H3. The zero-order valence-electron chi connectivity index (χ0n) is 10.4. The van der Waals surface area contributed by atoms with Gasteiger partial charge in [0.15, 0.2) is 0 Å². The number of aromatic amines is 1. The van der Waals surface area contributed by atoms with Crippen LogP contribution in [0.1, 0.15) is 5.56 Å². The molecule has 0 spiro atoms. The lowest BCUT2D eigenvalue weighted by molar-refractivity contribution is 0.783. The van der Waals surface area contributed by atoms with E-state index in [4.69, 9.17) is 0 Å². The lowest BCUT2D eigenvalue weighted by Crippen LogP contribution is -2.17. The van der Waals surface area contributed by atoms with Gasteiger partial charge in [-0.25, -0.2) is 9.97 Å². The molecule has 1 N–H and O–H groups in total. The summed E-state index contributed by atoms with van der Waals surface area (Å²) in [4.78, 5) is 20.4. The Kier molecular flexibility index (Phi) is 2.72. The number of nitrogens with zero attached hydrogens (tertiary/aromatic N) is 3. The van der Waals surface area contributed by atoms with Crippen molar-refractivity contribution in [2.75, 3.05) is 0 Å². The van der Waals surface area contributed by atoms with Crippen LogP contribution >= 0.6 is 0 Å². The summed E-state index contributed by atoms with van der Waals surface area (Å²) in [6.07, 6.45) is 4.87. The molecule has 2 aromatic heterocycles. The van der Waals surface area contributed by atoms with Gasteiger partial charge in [0.05, 0.1) is 5.56 Å². The van der Waals surface area contributed by atoms with E-state index in [1.165, 1.54) is 4.68 Å². The van der Waals surface area contributed by atoms with Crippen molar-refractivity contribution in [1.29, 1.82) is 0 Å². The highest BCUT2D eigenvalue weighted by Gasteiger charge is 2.10. The van der Waals surface area contributed by atoms with Gasteiger partial charge >= 0.3 is 0 Å². The second kappa shape index (κ2) is 4.53. The van der Waals surface area contributed by atoms with E-state index in [0.29, 0.717) is 11.5 Å². The minimum Gasteiger partial charge on any atom is -0.295 e. The molecule has 0 atom stereocenters. The molecule has 19 heavy (non-hydrogen) atoms. The molecule has 0 saturated carbocycles. The fourth-order valence-electron chi connectivity index (χ4n) is 1.87. The SMILES string of the molecule is Cc1ccc(-c2c[nH]n(-c3ncccn3)c2=O)cc1. The minimum atomic E-state index is -0.157. The van der Waals surface area contributed by atoms with Crippen molar-refractivity contribution >= 4 is 0 Å². The van der Waals surface area contributed by atoms with Gasteiger partial charge in [0, 0.05) is 18.6 Å². The van der Waals surface area contributed by atoms with E-state index in [-0.39, 0.29) is 5.56 Å². The maximum atomic E-state index is 12.3. The predicted octanol–water partition coefficient (Wildman–Crippen LogP) is 1.93. The second-order valence-electron chi connectivity index (χ2n) is 4.24. The van der Waals surface area contributed by atoms with Gasteiger partial charge in [-0.05, 0) is 18.6 Å². The maximum absolute atomic E-state index is 12.3. The third-order valence-corrected chi connectivity index (χ3v) is 2.89. The molecule has 0 saturated heterocycles. The summed E-state index contributed by atoms with van der Waals surface area (Å²) in [6, 6.07) is 9.51. The first kappa shape index (κ1) is 11.4. The van der Waals surface area contributed by atoms with Gasteiger partial charge in [-0.2, -0.15) is 4.68 Å². The molecular weight excluding hydrogens is 240 g/mol. The molecule has 2 heterocycles. The van der Waals surface area contributed by atoms with Crippen LogP contribution in [0.4, 0.5) is 0 Å². The molecule has 3 aromatic rings. The molecule has 0 fully saturated rings. The van der Waals surface area contributed by atoms with Gasteiger partial charge < -0.3 is 0 Å². The van der Waals surface area contributed by atoms with Gasteiger partial charge in [-0.3, -0.25) is 9.89 Å². The maximum Gasteiger partial charge on any atom is 0.281 e. The molecule has 94 valence electrons. The fourth-order valence-corrected chi connectivity index (χ4v) is 1.87. The molecule has 5 nitrogen and oxygen atoms in total. The van der Waals surface area contributed by atoms with Crippen molar-refractivity contribution in [3.63, 3.8) is 0 Å². The Morgan fingerprint density at radius 1 is 1.11 bits per heavy atom. The molecule has 0 unspecified atom stereocenters. The normalized spacial score (nSPS) is 10.6. The number of nitrogens with one attached hydrogen (secondary N) is 1. The Hall–Kier alpha value is -2.69. The Morgan fingerprint density at radius 3 is 2.47 bits per heavy atom. The van der Waals surface area contributed by atoms with Gasteiger partial charge in [0.25, 0.3) is 11.5 Å². The quantitative estimate of drug-likeness (QED) is 0.758. The summed E-state index contributed by atoms with van der Waals surface area (Å²) in [5.74, 6) is 0.339. The van der Waals surface area contributed by atoms with Crippen LogP contribution in [0.2, 0.25) is 0 Å². The van der Waals surface area contributed by atoms with Gasteiger partial charge in [0.2, 0.25) is 0 Å². The van der Waals surface area contributed by atoms with Crippen molar-refractivity contribution in [2.24, 2.45) is 0 Å². The average molecular weight is 252 g/mol. The van der Waals surface area contributed by atoms with E-state index in [9.17, 15) is 4.79 Å². The first-order valence-electron chi connectivity index (χ1n) is 5.90. The van der Waals surface area contributed by atoms with E-state index in [2.05, 4.69) is 15.1 Å². The molecule has 5 heteroatoms. The average Bonchev–Trinajstić information content (AvgIpc) is 2.83. The van der Waals surface area contributed by atoms with Crippen LogP contribution in [-0.2, 0) is 0 Å². The lowest BCUT2D eigenvalue weighted by atomic mass is 10.1. The molecule has 0 amide bonds. The topological polar surface area (TPSA) is 63.6 Å². The van der Waals surface area contributed by atoms with E-state index < -0.39 is 0 Å². The molecular formula is C14H12N4O. The van der Waals surface area contributed by atoms with Gasteiger partial charge in [0.1, 0.15) is 0 Å². The number of aryl methyl sites for hydroxylation is 1. The predicted molar refractivity (Wildman–Crippen MR) is 72.2 cm³/mol. The third-order valence-electron chi connectivity index (χ3n) is 2.89. The Morgan fingerprint density at radius 2 is 1.79 bits per heavy atom. The van der Waals surface area contributed by atoms with E-state index in [1.807, 2.05) is 31.2 Å². The molecule has 0 aliphatic carbocycles. The fraction of sp³-hybridized carbons (Fsp3) is 0.0714. The van der Waals surface area contributed by atoms with Crippen LogP contribution in [0.15, 0.2) is 53.7 Å². The highest BCUT2D eigenvalue weighted by atomic mass is 16.1. The van der Waals surface area contributed by atoms with Crippen molar-refractivity contribution in [1.82, 2.24) is 19.7 Å². The Labute approximate surface area is 109 Å². The molecule has 0 aliphatic rings. The van der Waals surface area contributed by atoms with E-state index in [1.54, 1.807) is 24.7 Å². The van der Waals surface area contributed by atoms with Crippen LogP contribution < -0.4 is 5.56 Å². The molecule has 1 aromatic carbocycles. The van der Waals surface area contributed by atoms with Crippen molar-refractivity contribution < 1.29 is 0 Å². The van der Waals surface area contributed by atoms with Crippen LogP contribution in [0.5, 0.6) is 0 Å². The second-order valence-corrected chi connectivity index (χ2v) is 4.24. The highest BCUT2D eigenvalue weighted by molar-refractivity contribution is 5.62. The Balaban J connectivity index is 2.09. The zero-order valence-corrected chi connectivity index (χ0v) is 10.4. The van der Waals surface area contributed by atoms with Crippen molar-refractivity contribution in [3.8, 4) is 17.1 Å². The van der Waals surface area contributed by atoms with Crippen LogP contribution in [0.3, 0.4) is 0 Å². The first-order valence-corrected chi connectivity index (χ1v) is 5.90. The lowest BCUT2D eigenvalue weighted by Gasteiger charge is -1.98. The third kappa shape index (κ3) is 2.06. The number of hydrogen-bond donors (Lipinski definition) is 1. The summed E-state index contributed by atoms with van der Waals surface area (Å²) in [5.41, 5.74) is 2.48. The monoisotopic (exact) mass is 252 g/mol. The number of hydrogen-bond acceptors (Lipinski definition) is 3. The summed E-state index contributed by atoms with van der Waals surface area (Å²) in [7, 11) is 0. The number of H-pyrrole nitrogens is 1. The minimum absolute atomic E-state index is 0.157. The van der Waals surface area contributed by atoms with E-state index >= 15 is 0 Å².